The average Bonchev–Trinajstić information content (AvgIpc) is 2.19. The smallest absolute Gasteiger partial charge is 0.0625 e. The van der Waals surface area contributed by atoms with Crippen molar-refractivity contribution in [1.82, 2.24) is 0 Å². The van der Waals surface area contributed by atoms with E-state index in [1.165, 1.54) is 0 Å². The molecule has 1 aromatic carbocycles. The van der Waals surface area contributed by atoms with Crippen LogP contribution in [0.3, 0.4) is 0 Å². The van der Waals surface area contributed by atoms with Crippen LogP contribution in [-0.2, 0) is 0 Å². The Labute approximate surface area is 88.3 Å². The number of halogens is 1. The predicted molar refractivity (Wildman–Crippen MR) is 58.2 cm³/mol. The van der Waals surface area contributed by atoms with Gasteiger partial charge in [0.2, 0.25) is 0 Å². The first kappa shape index (κ1) is 10.9. The summed E-state index contributed by atoms with van der Waals surface area (Å²) >= 11 is 5.77. The van der Waals surface area contributed by atoms with E-state index < -0.39 is 0 Å². The Morgan fingerprint density at radius 3 is 2.57 bits per heavy atom. The highest BCUT2D eigenvalue weighted by molar-refractivity contribution is 6.30. The number of nitrogens with zero attached hydrogens (tertiary/aromatic N) is 3. The molecule has 0 aliphatic carbocycles. The van der Waals surface area contributed by atoms with Crippen molar-refractivity contribution in [3.63, 3.8) is 0 Å². The van der Waals surface area contributed by atoms with Gasteiger partial charge in [0, 0.05) is 9.93 Å². The van der Waals surface area contributed by atoms with Crippen molar-refractivity contribution in [2.24, 2.45) is 5.11 Å². The summed E-state index contributed by atoms with van der Waals surface area (Å²) in [4.78, 5) is 2.85. The Morgan fingerprint density at radius 2 is 2.07 bits per heavy atom. The second-order valence-corrected chi connectivity index (χ2v) is 3.50. The van der Waals surface area contributed by atoms with E-state index in [2.05, 4.69) is 16.9 Å². The number of benzene rings is 1. The van der Waals surface area contributed by atoms with E-state index in [1.807, 2.05) is 24.3 Å². The Hall–Kier alpha value is -1.18. The topological polar surface area (TPSA) is 48.8 Å². The summed E-state index contributed by atoms with van der Waals surface area (Å²) in [5.74, 6) is 0. The minimum atomic E-state index is -0.0673. The third-order valence-electron chi connectivity index (χ3n) is 2.01. The molecule has 1 rings (SSSR count). The van der Waals surface area contributed by atoms with Crippen LogP contribution in [0.5, 0.6) is 0 Å². The first-order chi connectivity index (χ1) is 6.77. The summed E-state index contributed by atoms with van der Waals surface area (Å²) < 4.78 is 0. The first-order valence-corrected chi connectivity index (χ1v) is 4.95. The molecule has 4 heteroatoms. The molecule has 0 heterocycles. The SMILES string of the molecule is CCC[C@H](N=[N+]=[N-])c1ccc(Cl)cc1. The molecule has 0 N–H and O–H groups in total. The number of rotatable bonds is 4. The highest BCUT2D eigenvalue weighted by atomic mass is 35.5. The van der Waals surface area contributed by atoms with Crippen molar-refractivity contribution >= 4 is 11.6 Å². The van der Waals surface area contributed by atoms with Gasteiger partial charge in [-0.1, -0.05) is 42.2 Å². The molecule has 14 heavy (non-hydrogen) atoms. The lowest BCUT2D eigenvalue weighted by Crippen LogP contribution is -1.93. The maximum absolute atomic E-state index is 8.41. The second kappa shape index (κ2) is 5.53. The standard InChI is InChI=1S/C10H12ClN3/c1-2-3-10(13-14-12)8-4-6-9(11)7-5-8/h4-7,10H,2-3H2,1H3/t10-/m0/s1. The zero-order chi connectivity index (χ0) is 10.4. The van der Waals surface area contributed by atoms with Crippen molar-refractivity contribution < 1.29 is 0 Å². The lowest BCUT2D eigenvalue weighted by atomic mass is 10.0. The zero-order valence-corrected chi connectivity index (χ0v) is 8.78. The average molecular weight is 210 g/mol. The molecule has 0 unspecified atom stereocenters. The summed E-state index contributed by atoms with van der Waals surface area (Å²) in [6.45, 7) is 2.07. The summed E-state index contributed by atoms with van der Waals surface area (Å²) in [6, 6.07) is 7.36. The largest absolute Gasteiger partial charge is 0.0859 e. The molecule has 0 aliphatic rings. The molecule has 0 saturated carbocycles. The lowest BCUT2D eigenvalue weighted by Gasteiger charge is -2.09. The molecular weight excluding hydrogens is 198 g/mol. The number of hydrogen-bond donors (Lipinski definition) is 0. The van der Waals surface area contributed by atoms with Gasteiger partial charge in [0.05, 0.1) is 6.04 Å². The van der Waals surface area contributed by atoms with Crippen molar-refractivity contribution in [3.8, 4) is 0 Å². The molecular formula is C10H12ClN3. The fraction of sp³-hybridized carbons (Fsp3) is 0.400. The van der Waals surface area contributed by atoms with Gasteiger partial charge in [0.1, 0.15) is 0 Å². The Bertz CT molecular complexity index is 328. The van der Waals surface area contributed by atoms with Gasteiger partial charge in [-0.05, 0) is 29.6 Å². The minimum absolute atomic E-state index is 0.0673. The van der Waals surface area contributed by atoms with Crippen molar-refractivity contribution in [3.05, 3.63) is 45.3 Å². The van der Waals surface area contributed by atoms with Crippen LogP contribution in [0.1, 0.15) is 31.4 Å². The molecule has 0 fully saturated rings. The van der Waals surface area contributed by atoms with Crippen LogP contribution in [0.25, 0.3) is 10.4 Å². The molecule has 0 spiro atoms. The van der Waals surface area contributed by atoms with Gasteiger partial charge in [0.15, 0.2) is 0 Å². The van der Waals surface area contributed by atoms with Crippen molar-refractivity contribution in [1.29, 1.82) is 0 Å². The fourth-order valence-corrected chi connectivity index (χ4v) is 1.44. The van der Waals surface area contributed by atoms with Gasteiger partial charge in [-0.15, -0.1) is 0 Å². The van der Waals surface area contributed by atoms with Gasteiger partial charge < -0.3 is 0 Å². The van der Waals surface area contributed by atoms with Gasteiger partial charge in [-0.2, -0.15) is 0 Å². The Balaban J connectivity index is 2.87. The quantitative estimate of drug-likeness (QED) is 0.399. The summed E-state index contributed by atoms with van der Waals surface area (Å²) in [5, 5.41) is 4.45. The summed E-state index contributed by atoms with van der Waals surface area (Å²) in [7, 11) is 0. The van der Waals surface area contributed by atoms with Crippen LogP contribution >= 0.6 is 11.6 Å². The van der Waals surface area contributed by atoms with E-state index in [0.717, 1.165) is 18.4 Å². The first-order valence-electron chi connectivity index (χ1n) is 4.57. The summed E-state index contributed by atoms with van der Waals surface area (Å²) in [6.07, 6.45) is 1.86. The van der Waals surface area contributed by atoms with E-state index in [-0.39, 0.29) is 6.04 Å². The van der Waals surface area contributed by atoms with Crippen molar-refractivity contribution in [2.75, 3.05) is 0 Å². The predicted octanol–water partition coefficient (Wildman–Crippen LogP) is 4.49. The van der Waals surface area contributed by atoms with Crippen LogP contribution in [0.4, 0.5) is 0 Å². The second-order valence-electron chi connectivity index (χ2n) is 3.06. The van der Waals surface area contributed by atoms with E-state index in [1.54, 1.807) is 0 Å². The molecule has 0 saturated heterocycles. The van der Waals surface area contributed by atoms with Crippen LogP contribution in [0, 0.1) is 0 Å². The molecule has 74 valence electrons. The van der Waals surface area contributed by atoms with E-state index in [9.17, 15) is 0 Å². The maximum Gasteiger partial charge on any atom is 0.0625 e. The Morgan fingerprint density at radius 1 is 1.43 bits per heavy atom. The highest BCUT2D eigenvalue weighted by Crippen LogP contribution is 2.24. The lowest BCUT2D eigenvalue weighted by molar-refractivity contribution is 0.634. The molecule has 3 nitrogen and oxygen atoms in total. The van der Waals surface area contributed by atoms with Crippen LogP contribution in [-0.4, -0.2) is 0 Å². The monoisotopic (exact) mass is 209 g/mol. The molecule has 0 aromatic heterocycles. The minimum Gasteiger partial charge on any atom is -0.0859 e. The molecule has 0 bridgehead atoms. The summed E-state index contributed by atoms with van der Waals surface area (Å²) in [5.41, 5.74) is 9.43. The van der Waals surface area contributed by atoms with Crippen LogP contribution in [0.15, 0.2) is 29.4 Å². The van der Waals surface area contributed by atoms with E-state index in [4.69, 9.17) is 17.1 Å². The van der Waals surface area contributed by atoms with E-state index in [0.29, 0.717) is 5.02 Å². The molecule has 0 amide bonds. The Kier molecular flexibility index (Phi) is 4.30. The third-order valence-corrected chi connectivity index (χ3v) is 2.26. The van der Waals surface area contributed by atoms with Gasteiger partial charge in [0.25, 0.3) is 0 Å². The molecule has 0 aliphatic heterocycles. The van der Waals surface area contributed by atoms with Crippen LogP contribution < -0.4 is 0 Å². The molecule has 1 atom stereocenters. The van der Waals surface area contributed by atoms with Gasteiger partial charge in [-0.25, -0.2) is 0 Å². The third kappa shape index (κ3) is 2.95. The van der Waals surface area contributed by atoms with Crippen molar-refractivity contribution in [2.45, 2.75) is 25.8 Å². The maximum atomic E-state index is 8.41. The highest BCUT2D eigenvalue weighted by Gasteiger charge is 2.07. The number of hydrogen-bond acceptors (Lipinski definition) is 1. The fourth-order valence-electron chi connectivity index (χ4n) is 1.31. The zero-order valence-electron chi connectivity index (χ0n) is 8.02. The van der Waals surface area contributed by atoms with Crippen LogP contribution in [0.2, 0.25) is 5.02 Å². The normalized spacial score (nSPS) is 11.9. The molecule has 0 radical (unpaired) electrons. The van der Waals surface area contributed by atoms with Gasteiger partial charge >= 0.3 is 0 Å². The van der Waals surface area contributed by atoms with Gasteiger partial charge in [-0.3, -0.25) is 0 Å². The number of azide groups is 1. The van der Waals surface area contributed by atoms with E-state index >= 15 is 0 Å². The molecule has 1 aromatic rings.